The van der Waals surface area contributed by atoms with Crippen LogP contribution in [0, 0.1) is 0 Å². The zero-order valence-electron chi connectivity index (χ0n) is 18.7. The topological polar surface area (TPSA) is 3.24 Å². The monoisotopic (exact) mass is 423 g/mol. The molecule has 1 aliphatic carbocycles. The Balaban J connectivity index is 1.29. The van der Waals surface area contributed by atoms with Crippen LogP contribution in [0.25, 0.3) is 33.4 Å². The number of rotatable bonds is 4. The van der Waals surface area contributed by atoms with Gasteiger partial charge in [-0.1, -0.05) is 97.1 Å². The maximum atomic E-state index is 2.26. The number of hydrogen-bond donors (Lipinski definition) is 0. The van der Waals surface area contributed by atoms with E-state index in [-0.39, 0.29) is 0 Å². The summed E-state index contributed by atoms with van der Waals surface area (Å²) < 4.78 is 0. The minimum absolute atomic E-state index is 1.03. The molecule has 33 heavy (non-hydrogen) atoms. The van der Waals surface area contributed by atoms with E-state index >= 15 is 0 Å². The second kappa shape index (κ2) is 8.11. The van der Waals surface area contributed by atoms with Gasteiger partial charge in [-0.05, 0) is 75.2 Å². The molecule has 1 aliphatic rings. The molecule has 0 radical (unpaired) electrons. The zero-order chi connectivity index (χ0) is 22.2. The van der Waals surface area contributed by atoms with E-state index < -0.39 is 0 Å². The van der Waals surface area contributed by atoms with Crippen molar-refractivity contribution in [3.05, 3.63) is 132 Å². The Labute approximate surface area is 195 Å². The minimum Gasteiger partial charge on any atom is -0.345 e. The Kier molecular flexibility index (Phi) is 4.81. The molecule has 0 N–H and O–H groups in total. The van der Waals surface area contributed by atoms with E-state index in [0.29, 0.717) is 0 Å². The molecular formula is C32H25N. The second-order valence-electron chi connectivity index (χ2n) is 8.69. The summed E-state index contributed by atoms with van der Waals surface area (Å²) in [6, 6.07) is 43.7. The van der Waals surface area contributed by atoms with E-state index in [9.17, 15) is 0 Å². The van der Waals surface area contributed by atoms with Gasteiger partial charge < -0.3 is 4.90 Å². The highest BCUT2D eigenvalue weighted by Gasteiger charge is 2.21. The van der Waals surface area contributed by atoms with E-state index in [1.807, 2.05) is 0 Å². The molecule has 5 aromatic rings. The summed E-state index contributed by atoms with van der Waals surface area (Å²) in [5.41, 5.74) is 13.0. The van der Waals surface area contributed by atoms with E-state index in [2.05, 4.69) is 133 Å². The molecule has 0 fully saturated rings. The molecule has 6 rings (SSSR count). The minimum atomic E-state index is 1.03. The summed E-state index contributed by atoms with van der Waals surface area (Å²) in [4.78, 5) is 2.24. The van der Waals surface area contributed by atoms with Gasteiger partial charge in [0, 0.05) is 18.4 Å². The lowest BCUT2D eigenvalue weighted by Crippen LogP contribution is -2.09. The van der Waals surface area contributed by atoms with Gasteiger partial charge in [-0.25, -0.2) is 0 Å². The third-order valence-electron chi connectivity index (χ3n) is 6.75. The first-order valence-electron chi connectivity index (χ1n) is 11.5. The smallest absolute Gasteiger partial charge is 0.0408 e. The van der Waals surface area contributed by atoms with Crippen LogP contribution >= 0.6 is 0 Å². The first-order chi connectivity index (χ1) is 16.3. The molecule has 158 valence electrons. The Morgan fingerprint density at radius 1 is 0.455 bits per heavy atom. The van der Waals surface area contributed by atoms with Crippen LogP contribution in [0.1, 0.15) is 11.1 Å². The van der Waals surface area contributed by atoms with Gasteiger partial charge in [-0.2, -0.15) is 0 Å². The van der Waals surface area contributed by atoms with Crippen LogP contribution in [0.3, 0.4) is 0 Å². The molecule has 5 aromatic carbocycles. The van der Waals surface area contributed by atoms with E-state index in [1.165, 1.54) is 55.9 Å². The third kappa shape index (κ3) is 3.52. The Bertz CT molecular complexity index is 1410. The molecule has 0 unspecified atom stereocenters. The van der Waals surface area contributed by atoms with Gasteiger partial charge in [0.25, 0.3) is 0 Å². The lowest BCUT2D eigenvalue weighted by molar-refractivity contribution is 1.21. The molecular weight excluding hydrogens is 398 g/mol. The third-order valence-corrected chi connectivity index (χ3v) is 6.75. The average molecular weight is 424 g/mol. The van der Waals surface area contributed by atoms with Crippen molar-refractivity contribution in [2.75, 3.05) is 11.9 Å². The van der Waals surface area contributed by atoms with Crippen LogP contribution in [0.4, 0.5) is 11.4 Å². The average Bonchev–Trinajstić information content (AvgIpc) is 3.28. The first kappa shape index (κ1) is 19.6. The highest BCUT2D eigenvalue weighted by atomic mass is 15.1. The highest BCUT2D eigenvalue weighted by Crippen LogP contribution is 2.43. The van der Waals surface area contributed by atoms with Gasteiger partial charge >= 0.3 is 0 Å². The molecule has 0 bridgehead atoms. The molecule has 0 aromatic heterocycles. The SMILES string of the molecule is CN(c1ccc(-c2ccccc2)cc1)c1ccc(-c2cccc3c2-c2ccccc2C3)cc1. The van der Waals surface area contributed by atoms with Gasteiger partial charge in [-0.15, -0.1) is 0 Å². The predicted molar refractivity (Wildman–Crippen MR) is 140 cm³/mol. The summed E-state index contributed by atoms with van der Waals surface area (Å²) in [6.07, 6.45) is 1.03. The summed E-state index contributed by atoms with van der Waals surface area (Å²) in [5, 5.41) is 0. The number of hydrogen-bond acceptors (Lipinski definition) is 1. The van der Waals surface area contributed by atoms with Crippen LogP contribution in [-0.4, -0.2) is 7.05 Å². The normalized spacial score (nSPS) is 11.7. The fourth-order valence-corrected chi connectivity index (χ4v) is 4.95. The number of anilines is 2. The van der Waals surface area contributed by atoms with Crippen LogP contribution in [0.5, 0.6) is 0 Å². The van der Waals surface area contributed by atoms with Crippen LogP contribution < -0.4 is 4.90 Å². The zero-order valence-corrected chi connectivity index (χ0v) is 18.7. The second-order valence-corrected chi connectivity index (χ2v) is 8.69. The molecule has 0 heterocycles. The largest absolute Gasteiger partial charge is 0.345 e. The Hall–Kier alpha value is -4.10. The fourth-order valence-electron chi connectivity index (χ4n) is 4.95. The Morgan fingerprint density at radius 3 is 1.73 bits per heavy atom. The maximum Gasteiger partial charge on any atom is 0.0408 e. The fraction of sp³-hybridized carbons (Fsp3) is 0.0625. The van der Waals surface area contributed by atoms with E-state index in [0.717, 1.165) is 6.42 Å². The van der Waals surface area contributed by atoms with Crippen molar-refractivity contribution in [3.63, 3.8) is 0 Å². The first-order valence-corrected chi connectivity index (χ1v) is 11.5. The van der Waals surface area contributed by atoms with Crippen molar-refractivity contribution in [2.24, 2.45) is 0 Å². The molecule has 0 aliphatic heterocycles. The highest BCUT2D eigenvalue weighted by molar-refractivity contribution is 5.90. The van der Waals surface area contributed by atoms with Gasteiger partial charge in [-0.3, -0.25) is 0 Å². The summed E-state index contributed by atoms with van der Waals surface area (Å²) in [7, 11) is 2.13. The van der Waals surface area contributed by atoms with Crippen molar-refractivity contribution < 1.29 is 0 Å². The van der Waals surface area contributed by atoms with Crippen LogP contribution in [-0.2, 0) is 6.42 Å². The molecule has 0 spiro atoms. The number of nitrogens with zero attached hydrogens (tertiary/aromatic N) is 1. The van der Waals surface area contributed by atoms with Crippen molar-refractivity contribution >= 4 is 11.4 Å². The summed E-state index contributed by atoms with van der Waals surface area (Å²) in [5.74, 6) is 0. The molecule has 0 amide bonds. The Morgan fingerprint density at radius 2 is 1.00 bits per heavy atom. The standard InChI is InChI=1S/C32H25N/c1-33(28-18-14-24(15-19-28)23-8-3-2-4-9-23)29-20-16-25(17-21-29)30-13-7-11-27-22-26-10-5-6-12-31(26)32(27)30/h2-21H,22H2,1H3. The van der Waals surface area contributed by atoms with Crippen molar-refractivity contribution in [1.29, 1.82) is 0 Å². The number of fused-ring (bicyclic) bond motifs is 3. The quantitative estimate of drug-likeness (QED) is 0.275. The predicted octanol–water partition coefficient (Wildman–Crippen LogP) is 8.36. The van der Waals surface area contributed by atoms with Gasteiger partial charge in [0.1, 0.15) is 0 Å². The molecule has 1 heteroatoms. The van der Waals surface area contributed by atoms with Crippen molar-refractivity contribution in [2.45, 2.75) is 6.42 Å². The van der Waals surface area contributed by atoms with Gasteiger partial charge in [0.15, 0.2) is 0 Å². The van der Waals surface area contributed by atoms with E-state index in [1.54, 1.807) is 0 Å². The maximum absolute atomic E-state index is 2.26. The van der Waals surface area contributed by atoms with Crippen molar-refractivity contribution in [1.82, 2.24) is 0 Å². The number of benzene rings is 5. The molecule has 0 saturated heterocycles. The summed E-state index contributed by atoms with van der Waals surface area (Å²) in [6.45, 7) is 0. The van der Waals surface area contributed by atoms with Gasteiger partial charge in [0.2, 0.25) is 0 Å². The van der Waals surface area contributed by atoms with Crippen LogP contribution in [0.15, 0.2) is 121 Å². The van der Waals surface area contributed by atoms with Crippen molar-refractivity contribution in [3.8, 4) is 33.4 Å². The summed E-state index contributed by atoms with van der Waals surface area (Å²) >= 11 is 0. The molecule has 0 atom stereocenters. The van der Waals surface area contributed by atoms with E-state index in [4.69, 9.17) is 0 Å². The molecule has 1 nitrogen and oxygen atoms in total. The molecule has 0 saturated carbocycles. The lowest BCUT2D eigenvalue weighted by Gasteiger charge is -2.20. The van der Waals surface area contributed by atoms with Gasteiger partial charge in [0.05, 0.1) is 0 Å². The van der Waals surface area contributed by atoms with Crippen LogP contribution in [0.2, 0.25) is 0 Å². The lowest BCUT2D eigenvalue weighted by atomic mass is 9.94.